The molecule has 550 valence electrons. The van der Waals surface area contributed by atoms with Crippen molar-refractivity contribution >= 4 is 13.7 Å². The lowest BCUT2D eigenvalue weighted by Crippen LogP contribution is -2.45. The van der Waals surface area contributed by atoms with Gasteiger partial charge in [0.1, 0.15) is 13.2 Å². The van der Waals surface area contributed by atoms with Gasteiger partial charge in [0.25, 0.3) is 0 Å². The van der Waals surface area contributed by atoms with Crippen LogP contribution in [0.1, 0.15) is 463 Å². The fraction of sp³-hybridized carbons (Fsp3) is 0.964. The fourth-order valence-corrected chi connectivity index (χ4v) is 14.3. The average molecular weight is 1320 g/mol. The molecule has 3 unspecified atom stereocenters. The molecular weight excluding hydrogens is 1150 g/mol. The first-order chi connectivity index (χ1) is 45.0. The second kappa shape index (κ2) is 74.5. The average Bonchev–Trinajstić information content (AvgIpc) is 2.68. The third-order valence-electron chi connectivity index (χ3n) is 20.0. The number of aliphatic hydroxyl groups excluding tert-OH is 1. The highest BCUT2D eigenvalue weighted by molar-refractivity contribution is 7.47. The Morgan fingerprint density at radius 2 is 0.576 bits per heavy atom. The summed E-state index contributed by atoms with van der Waals surface area (Å²) in [6, 6.07) is -0.845. The molecule has 92 heavy (non-hydrogen) atoms. The quantitative estimate of drug-likeness (QED) is 0.0243. The van der Waals surface area contributed by atoms with Gasteiger partial charge in [0.05, 0.1) is 39.9 Å². The summed E-state index contributed by atoms with van der Waals surface area (Å²) in [5.74, 6) is -0.165. The number of rotatable bonds is 80. The van der Waals surface area contributed by atoms with Gasteiger partial charge in [-0.1, -0.05) is 450 Å². The molecule has 0 aromatic carbocycles. The van der Waals surface area contributed by atoms with Crippen LogP contribution in [-0.2, 0) is 18.4 Å². The maximum atomic E-state index is 13.1. The number of carbonyl (C=O) groups excluding carboxylic acids is 1. The van der Waals surface area contributed by atoms with Gasteiger partial charge < -0.3 is 19.8 Å². The Hall–Kier alpha value is -0.760. The van der Waals surface area contributed by atoms with Crippen LogP contribution in [-0.4, -0.2) is 73.4 Å². The Bertz CT molecular complexity index is 1510. The van der Waals surface area contributed by atoms with Crippen LogP contribution in [0.25, 0.3) is 0 Å². The zero-order chi connectivity index (χ0) is 66.9. The number of hydrogen-bond donors (Lipinski definition) is 3. The van der Waals surface area contributed by atoms with E-state index in [1.165, 1.54) is 411 Å². The first-order valence-corrected chi connectivity index (χ1v) is 43.6. The number of phosphoric acid groups is 1. The summed E-state index contributed by atoms with van der Waals surface area (Å²) in [7, 11) is 1.60. The van der Waals surface area contributed by atoms with E-state index in [-0.39, 0.29) is 19.1 Å². The minimum absolute atomic E-state index is 0.0657. The van der Waals surface area contributed by atoms with Crippen molar-refractivity contribution in [3.63, 3.8) is 0 Å². The first kappa shape index (κ1) is 91.2. The van der Waals surface area contributed by atoms with Gasteiger partial charge in [-0.3, -0.25) is 13.8 Å². The minimum Gasteiger partial charge on any atom is -0.387 e. The molecule has 0 heterocycles. The Morgan fingerprint density at radius 1 is 0.359 bits per heavy atom. The highest BCUT2D eigenvalue weighted by Crippen LogP contribution is 2.43. The number of quaternary nitrogens is 1. The molecular formula is C83H168N2O6P+. The first-order valence-electron chi connectivity index (χ1n) is 42.1. The molecule has 1 amide bonds. The second-order valence-corrected chi connectivity index (χ2v) is 32.0. The predicted molar refractivity (Wildman–Crippen MR) is 406 cm³/mol. The van der Waals surface area contributed by atoms with E-state index >= 15 is 0 Å². The number of unbranched alkanes of at least 4 members (excludes halogenated alkanes) is 67. The number of nitrogens with one attached hydrogen (secondary N) is 1. The summed E-state index contributed by atoms with van der Waals surface area (Å²) in [6.45, 7) is 4.90. The van der Waals surface area contributed by atoms with Gasteiger partial charge in [0, 0.05) is 6.42 Å². The van der Waals surface area contributed by atoms with Gasteiger partial charge >= 0.3 is 7.82 Å². The second-order valence-electron chi connectivity index (χ2n) is 30.6. The van der Waals surface area contributed by atoms with E-state index in [2.05, 4.69) is 19.2 Å². The van der Waals surface area contributed by atoms with Crippen molar-refractivity contribution in [1.82, 2.24) is 5.32 Å². The molecule has 0 rings (SSSR count). The maximum absolute atomic E-state index is 13.1. The molecule has 0 bridgehead atoms. The largest absolute Gasteiger partial charge is 0.472 e. The molecule has 0 aliphatic carbocycles. The Labute approximate surface area is 577 Å². The van der Waals surface area contributed by atoms with E-state index in [4.69, 9.17) is 9.05 Å². The van der Waals surface area contributed by atoms with Gasteiger partial charge in [-0.25, -0.2) is 4.57 Å². The standard InChI is InChI=1S/C83H167N2O6P/c1-6-8-10-12-14-16-18-20-22-24-26-28-30-32-34-36-37-38-39-40-41-42-43-44-45-46-47-49-51-53-55-57-59-61-63-65-67-69-71-73-75-77-83(87)84-81(80-91-92(88,89)90-79-78-85(3,4)5)82(86)76-74-72-70-68-66-64-62-60-58-56-54-52-50-48-35-33-31-29-27-25-23-21-19-17-15-13-11-9-7-2/h74,76,81-82,86H,6-73,75,77-80H2,1-5H3,(H-,84,87,88,89)/p+1/b76-74+. The third kappa shape index (κ3) is 76.6. The number of likely N-dealkylation sites (N-methyl/N-ethyl adjacent to an activating group) is 1. The zero-order valence-electron chi connectivity index (χ0n) is 63.4. The number of allylic oxidation sites excluding steroid dienone is 1. The summed E-state index contributed by atoms with van der Waals surface area (Å²) in [5.41, 5.74) is 0. The van der Waals surface area contributed by atoms with Crippen molar-refractivity contribution in [2.24, 2.45) is 0 Å². The van der Waals surface area contributed by atoms with Crippen LogP contribution in [0.3, 0.4) is 0 Å². The summed E-state index contributed by atoms with van der Waals surface area (Å²) in [4.78, 5) is 23.5. The molecule has 9 heteroatoms. The monoisotopic (exact) mass is 1320 g/mol. The number of carbonyl (C=O) groups is 1. The normalized spacial score (nSPS) is 13.4. The molecule has 0 saturated heterocycles. The SMILES string of the molecule is CCCCCCCCCCCCCCCCCCCCCCCCCCCCC/C=C/C(O)C(COP(=O)(O)OCC[N+](C)(C)C)NC(=O)CCCCCCCCCCCCCCCCCCCCCCCCCCCCCCCCCCCCCCCCCCC. The molecule has 3 N–H and O–H groups in total. The molecule has 0 fully saturated rings. The zero-order valence-corrected chi connectivity index (χ0v) is 64.2. The van der Waals surface area contributed by atoms with Gasteiger partial charge in [0.2, 0.25) is 5.91 Å². The smallest absolute Gasteiger partial charge is 0.387 e. The van der Waals surface area contributed by atoms with Crippen LogP contribution < -0.4 is 5.32 Å². The van der Waals surface area contributed by atoms with E-state index in [0.717, 1.165) is 32.1 Å². The van der Waals surface area contributed by atoms with E-state index in [0.29, 0.717) is 17.4 Å². The van der Waals surface area contributed by atoms with Crippen LogP contribution in [0, 0.1) is 0 Å². The van der Waals surface area contributed by atoms with Crippen LogP contribution in [0.5, 0.6) is 0 Å². The molecule has 0 aromatic heterocycles. The Kier molecular flexibility index (Phi) is 73.8. The van der Waals surface area contributed by atoms with Crippen molar-refractivity contribution in [1.29, 1.82) is 0 Å². The number of hydrogen-bond acceptors (Lipinski definition) is 5. The molecule has 0 aliphatic heterocycles. The predicted octanol–water partition coefficient (Wildman–Crippen LogP) is 27.6. The van der Waals surface area contributed by atoms with Gasteiger partial charge in [0.15, 0.2) is 0 Å². The van der Waals surface area contributed by atoms with Crippen LogP contribution in [0.15, 0.2) is 12.2 Å². The lowest BCUT2D eigenvalue weighted by molar-refractivity contribution is -0.870. The highest BCUT2D eigenvalue weighted by Gasteiger charge is 2.28. The summed E-state index contributed by atoms with van der Waals surface area (Å²) < 4.78 is 23.9. The van der Waals surface area contributed by atoms with Crippen LogP contribution in [0.2, 0.25) is 0 Å². The van der Waals surface area contributed by atoms with Gasteiger partial charge in [-0.2, -0.15) is 0 Å². The minimum atomic E-state index is -4.35. The van der Waals surface area contributed by atoms with Crippen molar-refractivity contribution in [2.75, 3.05) is 40.9 Å². The molecule has 0 radical (unpaired) electrons. The topological polar surface area (TPSA) is 105 Å². The lowest BCUT2D eigenvalue weighted by Gasteiger charge is -2.25. The molecule has 0 spiro atoms. The Morgan fingerprint density at radius 3 is 0.804 bits per heavy atom. The van der Waals surface area contributed by atoms with Crippen molar-refractivity contribution in [3.05, 3.63) is 12.2 Å². The van der Waals surface area contributed by atoms with Crippen molar-refractivity contribution in [3.8, 4) is 0 Å². The van der Waals surface area contributed by atoms with Crippen LogP contribution in [0.4, 0.5) is 0 Å². The summed E-state index contributed by atoms with van der Waals surface area (Å²) in [5, 5.41) is 14.1. The molecule has 0 saturated carbocycles. The number of nitrogens with zero attached hydrogens (tertiary/aromatic N) is 1. The van der Waals surface area contributed by atoms with Crippen molar-refractivity contribution < 1.29 is 32.9 Å². The van der Waals surface area contributed by atoms with Crippen molar-refractivity contribution in [2.45, 2.75) is 475 Å². The lowest BCUT2D eigenvalue weighted by atomic mass is 10.0. The van der Waals surface area contributed by atoms with Crippen LogP contribution >= 0.6 is 7.82 Å². The summed E-state index contributed by atoms with van der Waals surface area (Å²) >= 11 is 0. The summed E-state index contributed by atoms with van der Waals surface area (Å²) in [6.07, 6.45) is 98.7. The highest BCUT2D eigenvalue weighted by atomic mass is 31.2. The van der Waals surface area contributed by atoms with Gasteiger partial charge in [-0.05, 0) is 19.3 Å². The number of phosphoric ester groups is 1. The Balaban J connectivity index is 3.87. The van der Waals surface area contributed by atoms with E-state index in [1.807, 2.05) is 27.2 Å². The van der Waals surface area contributed by atoms with E-state index < -0.39 is 20.0 Å². The molecule has 8 nitrogen and oxygen atoms in total. The molecule has 0 aromatic rings. The number of aliphatic hydroxyl groups is 1. The van der Waals surface area contributed by atoms with Gasteiger partial charge in [-0.15, -0.1) is 0 Å². The molecule has 0 aliphatic rings. The number of amides is 1. The van der Waals surface area contributed by atoms with E-state index in [9.17, 15) is 19.4 Å². The maximum Gasteiger partial charge on any atom is 0.472 e. The third-order valence-corrected chi connectivity index (χ3v) is 21.0. The molecule has 3 atom stereocenters. The fourth-order valence-electron chi connectivity index (χ4n) is 13.5. The van der Waals surface area contributed by atoms with E-state index in [1.54, 1.807) is 6.08 Å².